The van der Waals surface area contributed by atoms with E-state index in [0.29, 0.717) is 0 Å². The van der Waals surface area contributed by atoms with Crippen LogP contribution in [0.25, 0.3) is 0 Å². The lowest BCUT2D eigenvalue weighted by molar-refractivity contribution is -0.182. The Morgan fingerprint density at radius 1 is 1.55 bits per heavy atom. The van der Waals surface area contributed by atoms with E-state index in [9.17, 15) is 9.59 Å². The smallest absolute Gasteiger partial charge is 0.305 e. The van der Waals surface area contributed by atoms with Crippen molar-refractivity contribution in [1.82, 2.24) is 0 Å². The molecule has 0 aromatic carbocycles. The van der Waals surface area contributed by atoms with Gasteiger partial charge in [0, 0.05) is 13.5 Å². The van der Waals surface area contributed by atoms with Crippen LogP contribution >= 0.6 is 0 Å². The standard InChI is InChI=1S/C6H11NO4/c1-3-10-6(5(7)9)11-4(2)8/h6H,3H2,1-2H3,(H2,7,9). The zero-order chi connectivity index (χ0) is 8.85. The fraction of sp³-hybridized carbons (Fsp3) is 0.667. The van der Waals surface area contributed by atoms with E-state index in [2.05, 4.69) is 4.74 Å². The predicted octanol–water partition coefficient (Wildman–Crippen LogP) is -0.603. The summed E-state index contributed by atoms with van der Waals surface area (Å²) in [7, 11) is 0. The molecule has 0 aliphatic carbocycles. The van der Waals surface area contributed by atoms with Crippen molar-refractivity contribution in [2.75, 3.05) is 6.61 Å². The maximum atomic E-state index is 10.4. The number of carbonyl (C=O) groups excluding carboxylic acids is 2. The third kappa shape index (κ3) is 4.32. The fourth-order valence-electron chi connectivity index (χ4n) is 0.476. The molecule has 0 aromatic heterocycles. The zero-order valence-corrected chi connectivity index (χ0v) is 6.49. The molecule has 0 heterocycles. The van der Waals surface area contributed by atoms with Gasteiger partial charge in [-0.1, -0.05) is 0 Å². The van der Waals surface area contributed by atoms with Crippen LogP contribution < -0.4 is 5.73 Å². The number of rotatable bonds is 4. The van der Waals surface area contributed by atoms with Crippen molar-refractivity contribution in [3.8, 4) is 0 Å². The van der Waals surface area contributed by atoms with E-state index in [4.69, 9.17) is 10.5 Å². The van der Waals surface area contributed by atoms with Crippen LogP contribution in [0.15, 0.2) is 0 Å². The molecular weight excluding hydrogens is 150 g/mol. The van der Waals surface area contributed by atoms with Crippen LogP contribution in [0.2, 0.25) is 0 Å². The molecule has 0 aromatic rings. The number of amides is 1. The monoisotopic (exact) mass is 161 g/mol. The molecule has 1 atom stereocenters. The second-order valence-electron chi connectivity index (χ2n) is 1.80. The Morgan fingerprint density at radius 3 is 2.36 bits per heavy atom. The minimum absolute atomic E-state index is 0.265. The molecule has 0 rings (SSSR count). The summed E-state index contributed by atoms with van der Waals surface area (Å²) in [6.45, 7) is 3.11. The van der Waals surface area contributed by atoms with Crippen molar-refractivity contribution in [1.29, 1.82) is 0 Å². The van der Waals surface area contributed by atoms with Crippen LogP contribution in [0.5, 0.6) is 0 Å². The summed E-state index contributed by atoms with van der Waals surface area (Å²) in [5, 5.41) is 0. The first-order chi connectivity index (χ1) is 5.07. The summed E-state index contributed by atoms with van der Waals surface area (Å²) in [4.78, 5) is 20.8. The van der Waals surface area contributed by atoms with Crippen molar-refractivity contribution < 1.29 is 19.1 Å². The molecule has 1 amide bonds. The van der Waals surface area contributed by atoms with Crippen LogP contribution in [-0.2, 0) is 19.1 Å². The Labute approximate surface area is 64.5 Å². The van der Waals surface area contributed by atoms with Gasteiger partial charge in [0.05, 0.1) is 0 Å². The van der Waals surface area contributed by atoms with Crippen molar-refractivity contribution in [2.24, 2.45) is 5.73 Å². The maximum absolute atomic E-state index is 10.4. The molecule has 0 aliphatic heterocycles. The lowest BCUT2D eigenvalue weighted by atomic mass is 10.6. The van der Waals surface area contributed by atoms with E-state index in [1.807, 2.05) is 0 Å². The Balaban J connectivity index is 3.89. The molecule has 5 heteroatoms. The second kappa shape index (κ2) is 4.68. The molecule has 64 valence electrons. The Kier molecular flexibility index (Phi) is 4.21. The maximum Gasteiger partial charge on any atom is 0.305 e. The quantitative estimate of drug-likeness (QED) is 0.441. The summed E-state index contributed by atoms with van der Waals surface area (Å²) >= 11 is 0. The van der Waals surface area contributed by atoms with E-state index in [1.165, 1.54) is 6.92 Å². The molecular formula is C6H11NO4. The first kappa shape index (κ1) is 9.90. The van der Waals surface area contributed by atoms with Gasteiger partial charge >= 0.3 is 5.97 Å². The number of primary amides is 1. The molecule has 0 saturated carbocycles. The minimum atomic E-state index is -1.25. The van der Waals surface area contributed by atoms with Crippen molar-refractivity contribution in [3.05, 3.63) is 0 Å². The van der Waals surface area contributed by atoms with Crippen molar-refractivity contribution in [2.45, 2.75) is 20.1 Å². The van der Waals surface area contributed by atoms with Gasteiger partial charge < -0.3 is 15.2 Å². The normalized spacial score (nSPS) is 12.2. The van der Waals surface area contributed by atoms with Gasteiger partial charge in [-0.05, 0) is 6.92 Å². The molecule has 0 bridgehead atoms. The van der Waals surface area contributed by atoms with Crippen LogP contribution in [0, 0.1) is 0 Å². The van der Waals surface area contributed by atoms with Gasteiger partial charge in [0.25, 0.3) is 12.2 Å². The molecule has 11 heavy (non-hydrogen) atoms. The molecule has 1 unspecified atom stereocenters. The highest BCUT2D eigenvalue weighted by molar-refractivity contribution is 5.80. The van der Waals surface area contributed by atoms with Crippen LogP contribution in [0.3, 0.4) is 0 Å². The van der Waals surface area contributed by atoms with E-state index >= 15 is 0 Å². The third-order valence-corrected chi connectivity index (χ3v) is 0.823. The fourth-order valence-corrected chi connectivity index (χ4v) is 0.476. The highest BCUT2D eigenvalue weighted by atomic mass is 16.7. The summed E-state index contributed by atoms with van der Waals surface area (Å²) < 4.78 is 9.11. The minimum Gasteiger partial charge on any atom is -0.426 e. The zero-order valence-electron chi connectivity index (χ0n) is 6.49. The van der Waals surface area contributed by atoms with Crippen LogP contribution in [0.1, 0.15) is 13.8 Å². The van der Waals surface area contributed by atoms with Crippen molar-refractivity contribution in [3.63, 3.8) is 0 Å². The van der Waals surface area contributed by atoms with Crippen LogP contribution in [0.4, 0.5) is 0 Å². The number of hydrogen-bond donors (Lipinski definition) is 1. The lowest BCUT2D eigenvalue weighted by Crippen LogP contribution is -2.34. The molecule has 2 N–H and O–H groups in total. The van der Waals surface area contributed by atoms with Gasteiger partial charge in [-0.25, -0.2) is 0 Å². The lowest BCUT2D eigenvalue weighted by Gasteiger charge is -2.11. The van der Waals surface area contributed by atoms with E-state index in [-0.39, 0.29) is 6.61 Å². The van der Waals surface area contributed by atoms with Crippen molar-refractivity contribution >= 4 is 11.9 Å². The molecule has 0 radical (unpaired) electrons. The van der Waals surface area contributed by atoms with E-state index in [1.54, 1.807) is 6.92 Å². The molecule has 0 saturated heterocycles. The number of hydrogen-bond acceptors (Lipinski definition) is 4. The molecule has 0 spiro atoms. The number of esters is 1. The first-order valence-electron chi connectivity index (χ1n) is 3.16. The van der Waals surface area contributed by atoms with E-state index in [0.717, 1.165) is 0 Å². The highest BCUT2D eigenvalue weighted by Crippen LogP contribution is 1.93. The Bertz CT molecular complexity index is 157. The van der Waals surface area contributed by atoms with Gasteiger partial charge in [0.15, 0.2) is 0 Å². The summed E-state index contributed by atoms with van der Waals surface area (Å²) in [6, 6.07) is 0. The largest absolute Gasteiger partial charge is 0.426 e. The average Bonchev–Trinajstić information content (AvgIpc) is 1.86. The van der Waals surface area contributed by atoms with Crippen LogP contribution in [-0.4, -0.2) is 24.8 Å². The number of nitrogens with two attached hydrogens (primary N) is 1. The Morgan fingerprint density at radius 2 is 2.09 bits per heavy atom. The van der Waals surface area contributed by atoms with Gasteiger partial charge in [0.1, 0.15) is 0 Å². The van der Waals surface area contributed by atoms with Gasteiger partial charge in [-0.3, -0.25) is 9.59 Å². The summed E-state index contributed by atoms with van der Waals surface area (Å²) in [5.41, 5.74) is 4.83. The summed E-state index contributed by atoms with van der Waals surface area (Å²) in [5.74, 6) is -1.40. The van der Waals surface area contributed by atoms with Gasteiger partial charge in [0.2, 0.25) is 0 Å². The Hall–Kier alpha value is -1.10. The predicted molar refractivity (Wildman–Crippen MR) is 36.4 cm³/mol. The second-order valence-corrected chi connectivity index (χ2v) is 1.80. The molecule has 0 fully saturated rings. The average molecular weight is 161 g/mol. The first-order valence-corrected chi connectivity index (χ1v) is 3.16. The molecule has 5 nitrogen and oxygen atoms in total. The molecule has 0 aliphatic rings. The number of carbonyl (C=O) groups is 2. The SMILES string of the molecule is CCOC(OC(C)=O)C(N)=O. The summed E-state index contributed by atoms with van der Waals surface area (Å²) in [6.07, 6.45) is -1.25. The van der Waals surface area contributed by atoms with Gasteiger partial charge in [-0.15, -0.1) is 0 Å². The van der Waals surface area contributed by atoms with E-state index < -0.39 is 18.2 Å². The topological polar surface area (TPSA) is 78.6 Å². The van der Waals surface area contributed by atoms with Gasteiger partial charge in [-0.2, -0.15) is 0 Å². The number of ether oxygens (including phenoxy) is 2. The highest BCUT2D eigenvalue weighted by Gasteiger charge is 2.17. The third-order valence-electron chi connectivity index (χ3n) is 0.823.